The molecule has 218 valence electrons. The van der Waals surface area contributed by atoms with E-state index in [4.69, 9.17) is 4.74 Å². The largest absolute Gasteiger partial charge is 0.492 e. The fourth-order valence-corrected chi connectivity index (χ4v) is 3.93. The lowest BCUT2D eigenvalue weighted by atomic mass is 10.1. The van der Waals surface area contributed by atoms with Crippen molar-refractivity contribution in [2.75, 3.05) is 43.9 Å². The second-order valence-corrected chi connectivity index (χ2v) is 9.49. The zero-order valence-electron chi connectivity index (χ0n) is 24.3. The van der Waals surface area contributed by atoms with Gasteiger partial charge in [0.1, 0.15) is 24.6 Å². The second kappa shape index (κ2) is 17.8. The maximum atomic E-state index is 15.0. The second-order valence-electron chi connectivity index (χ2n) is 9.49. The minimum absolute atomic E-state index is 0.146. The quantitative estimate of drug-likeness (QED) is 0.161. The molecule has 8 nitrogen and oxygen atoms in total. The molecule has 1 saturated heterocycles. The normalized spacial score (nSPS) is 12.9. The monoisotopic (exact) mass is 553 g/mol. The van der Waals surface area contributed by atoms with Crippen molar-refractivity contribution in [3.8, 4) is 5.75 Å². The molecule has 0 atom stereocenters. The van der Waals surface area contributed by atoms with Crippen LogP contribution < -0.4 is 20.7 Å². The predicted molar refractivity (Wildman–Crippen MR) is 163 cm³/mol. The lowest BCUT2D eigenvalue weighted by molar-refractivity contribution is -0.135. The molecule has 2 amide bonds. The summed E-state index contributed by atoms with van der Waals surface area (Å²) in [5.41, 5.74) is 2.19. The van der Waals surface area contributed by atoms with Crippen molar-refractivity contribution in [1.29, 1.82) is 0 Å². The Morgan fingerprint density at radius 2 is 1.68 bits per heavy atom. The molecule has 1 aliphatic rings. The van der Waals surface area contributed by atoms with Crippen molar-refractivity contribution in [2.45, 2.75) is 59.3 Å². The SMILES string of the molecule is C=C(Nc1ccc(NC(=O)CC(=O)N2CCCCC2)cc1)c1c(F)cc(OCCNC)cc1N=CC.CCCC. The number of aliphatic imine (C=N–C) groups is 1. The molecule has 2 aromatic carbocycles. The van der Waals surface area contributed by atoms with Crippen molar-refractivity contribution >= 4 is 40.8 Å². The van der Waals surface area contributed by atoms with Crippen LogP contribution >= 0.6 is 0 Å². The molecule has 0 unspecified atom stereocenters. The van der Waals surface area contributed by atoms with E-state index in [9.17, 15) is 14.0 Å². The number of piperidine rings is 1. The van der Waals surface area contributed by atoms with Crippen LogP contribution in [-0.2, 0) is 9.59 Å². The number of nitrogens with zero attached hydrogens (tertiary/aromatic N) is 2. The van der Waals surface area contributed by atoms with Gasteiger partial charge in [-0.2, -0.15) is 0 Å². The average molecular weight is 554 g/mol. The highest BCUT2D eigenvalue weighted by molar-refractivity contribution is 6.03. The molecule has 0 aromatic heterocycles. The molecular weight excluding hydrogens is 509 g/mol. The Hall–Kier alpha value is -3.72. The molecule has 1 aliphatic heterocycles. The minimum Gasteiger partial charge on any atom is -0.492 e. The third-order valence-corrected chi connectivity index (χ3v) is 6.22. The Balaban J connectivity index is 0.00000131. The summed E-state index contributed by atoms with van der Waals surface area (Å²) in [5.74, 6) is -0.610. The van der Waals surface area contributed by atoms with E-state index in [1.165, 1.54) is 18.9 Å². The van der Waals surface area contributed by atoms with E-state index >= 15 is 0 Å². The van der Waals surface area contributed by atoms with Crippen LogP contribution in [0.1, 0.15) is 64.9 Å². The zero-order chi connectivity index (χ0) is 29.3. The summed E-state index contributed by atoms with van der Waals surface area (Å²) in [6, 6.07) is 9.88. The van der Waals surface area contributed by atoms with Gasteiger partial charge >= 0.3 is 0 Å². The van der Waals surface area contributed by atoms with Crippen molar-refractivity contribution < 1.29 is 18.7 Å². The van der Waals surface area contributed by atoms with Gasteiger partial charge in [-0.3, -0.25) is 14.6 Å². The van der Waals surface area contributed by atoms with E-state index in [-0.39, 0.29) is 23.8 Å². The zero-order valence-corrected chi connectivity index (χ0v) is 24.3. The Labute approximate surface area is 238 Å². The smallest absolute Gasteiger partial charge is 0.233 e. The van der Waals surface area contributed by atoms with Crippen LogP contribution in [0.4, 0.5) is 21.5 Å². The maximum Gasteiger partial charge on any atom is 0.233 e. The van der Waals surface area contributed by atoms with Gasteiger partial charge in [0.25, 0.3) is 0 Å². The average Bonchev–Trinajstić information content (AvgIpc) is 2.94. The molecular formula is C31H44FN5O3. The van der Waals surface area contributed by atoms with Gasteiger partial charge in [-0.05, 0) is 57.5 Å². The molecule has 0 radical (unpaired) electrons. The van der Waals surface area contributed by atoms with Crippen LogP contribution in [0.5, 0.6) is 5.75 Å². The van der Waals surface area contributed by atoms with E-state index in [1.54, 1.807) is 48.4 Å². The van der Waals surface area contributed by atoms with Crippen molar-refractivity contribution in [2.24, 2.45) is 4.99 Å². The maximum absolute atomic E-state index is 15.0. The van der Waals surface area contributed by atoms with E-state index in [2.05, 4.69) is 41.4 Å². The molecule has 9 heteroatoms. The highest BCUT2D eigenvalue weighted by Crippen LogP contribution is 2.33. The lowest BCUT2D eigenvalue weighted by Gasteiger charge is -2.26. The first kappa shape index (κ1) is 32.5. The summed E-state index contributed by atoms with van der Waals surface area (Å²) in [4.78, 5) is 30.6. The third kappa shape index (κ3) is 10.8. The third-order valence-electron chi connectivity index (χ3n) is 6.22. The van der Waals surface area contributed by atoms with E-state index in [1.807, 2.05) is 7.05 Å². The van der Waals surface area contributed by atoms with Gasteiger partial charge in [0, 0.05) is 55.1 Å². The molecule has 40 heavy (non-hydrogen) atoms. The molecule has 3 rings (SSSR count). The van der Waals surface area contributed by atoms with Crippen LogP contribution in [0.3, 0.4) is 0 Å². The number of nitrogens with one attached hydrogen (secondary N) is 3. The van der Waals surface area contributed by atoms with Gasteiger partial charge in [-0.15, -0.1) is 0 Å². The predicted octanol–water partition coefficient (Wildman–Crippen LogP) is 6.38. The lowest BCUT2D eigenvalue weighted by Crippen LogP contribution is -2.37. The first-order valence-electron chi connectivity index (χ1n) is 14.1. The Morgan fingerprint density at radius 1 is 1.05 bits per heavy atom. The number of carbonyl (C=O) groups excluding carboxylic acids is 2. The highest BCUT2D eigenvalue weighted by Gasteiger charge is 2.19. The van der Waals surface area contributed by atoms with E-state index in [0.717, 1.165) is 19.3 Å². The van der Waals surface area contributed by atoms with E-state index < -0.39 is 5.82 Å². The number of hydrogen-bond donors (Lipinski definition) is 3. The molecule has 0 saturated carbocycles. The summed E-state index contributed by atoms with van der Waals surface area (Å²) in [5, 5.41) is 8.82. The Kier molecular flexibility index (Phi) is 14.4. The minimum atomic E-state index is -0.502. The molecule has 2 aromatic rings. The number of rotatable bonds is 12. The van der Waals surface area contributed by atoms with Gasteiger partial charge in [0.2, 0.25) is 11.8 Å². The molecule has 1 heterocycles. The Bertz CT molecular complexity index is 1130. The molecule has 3 N–H and O–H groups in total. The van der Waals surface area contributed by atoms with Crippen LogP contribution in [-0.4, -0.2) is 56.2 Å². The summed E-state index contributed by atoms with van der Waals surface area (Å²) in [7, 11) is 1.81. The standard InChI is InChI=1S/C27H34FN5O3.C4H10/c1-4-30-24-17-22(36-15-12-29-3)16-23(28)27(24)19(2)31-20-8-10-21(11-9-20)32-25(34)18-26(35)33-13-6-5-7-14-33;1-3-4-2/h4,8-11,16-17,29,31H,2,5-7,12-15,18H2,1,3H3,(H,32,34);3-4H2,1-2H3. The van der Waals surface area contributed by atoms with Gasteiger partial charge in [0.05, 0.1) is 11.3 Å². The van der Waals surface area contributed by atoms with Crippen molar-refractivity contribution in [1.82, 2.24) is 10.2 Å². The highest BCUT2D eigenvalue weighted by atomic mass is 19.1. The molecule has 0 aliphatic carbocycles. The van der Waals surface area contributed by atoms with Crippen molar-refractivity contribution in [3.63, 3.8) is 0 Å². The number of likely N-dealkylation sites (tertiary alicyclic amines) is 1. The number of likely N-dealkylation sites (N-methyl/N-ethyl adjacent to an activating group) is 1. The molecule has 0 spiro atoms. The summed E-state index contributed by atoms with van der Waals surface area (Å²) in [6.45, 7) is 12.6. The molecule has 0 bridgehead atoms. The van der Waals surface area contributed by atoms with E-state index in [0.29, 0.717) is 54.7 Å². The number of unbranched alkanes of at least 4 members (excludes halogenated alkanes) is 1. The molecule has 1 fully saturated rings. The van der Waals surface area contributed by atoms with Crippen LogP contribution in [0, 0.1) is 5.82 Å². The number of carbonyl (C=O) groups is 2. The van der Waals surface area contributed by atoms with Gasteiger partial charge in [0.15, 0.2) is 0 Å². The van der Waals surface area contributed by atoms with Crippen molar-refractivity contribution in [3.05, 3.63) is 54.4 Å². The van der Waals surface area contributed by atoms with Gasteiger partial charge in [-0.25, -0.2) is 4.39 Å². The first-order chi connectivity index (χ1) is 19.3. The summed E-state index contributed by atoms with van der Waals surface area (Å²) in [6.07, 6.45) is 7.14. The Morgan fingerprint density at radius 3 is 2.25 bits per heavy atom. The number of benzene rings is 2. The summed E-state index contributed by atoms with van der Waals surface area (Å²) >= 11 is 0. The first-order valence-corrected chi connectivity index (χ1v) is 14.1. The van der Waals surface area contributed by atoms with Crippen LogP contribution in [0.2, 0.25) is 0 Å². The fourth-order valence-electron chi connectivity index (χ4n) is 3.93. The number of anilines is 2. The van der Waals surface area contributed by atoms with Crippen LogP contribution in [0.25, 0.3) is 5.70 Å². The number of halogens is 1. The van der Waals surface area contributed by atoms with Gasteiger partial charge < -0.3 is 25.6 Å². The topological polar surface area (TPSA) is 95.1 Å². The number of hydrogen-bond acceptors (Lipinski definition) is 6. The number of amides is 2. The van der Waals surface area contributed by atoms with Gasteiger partial charge in [-0.1, -0.05) is 33.3 Å². The number of ether oxygens (including phenoxy) is 1. The fraction of sp³-hybridized carbons (Fsp3) is 0.452. The van der Waals surface area contributed by atoms with Crippen LogP contribution in [0.15, 0.2) is 48.0 Å². The summed E-state index contributed by atoms with van der Waals surface area (Å²) < 4.78 is 20.6.